The van der Waals surface area contributed by atoms with E-state index in [-0.39, 0.29) is 11.8 Å². The molecular weight excluding hydrogens is 402 g/mol. The number of carbonyl (C=O) groups is 2. The summed E-state index contributed by atoms with van der Waals surface area (Å²) in [6, 6.07) is 15.4. The summed E-state index contributed by atoms with van der Waals surface area (Å²) in [7, 11) is 0. The lowest BCUT2D eigenvalue weighted by Crippen LogP contribution is -2.23. The molecule has 162 valence electrons. The third-order valence-electron chi connectivity index (χ3n) is 6.14. The Balaban J connectivity index is 1.32. The van der Waals surface area contributed by atoms with E-state index in [1.807, 2.05) is 66.9 Å². The Bertz CT molecular complexity index is 1360. The second-order valence-electron chi connectivity index (χ2n) is 8.26. The largest absolute Gasteiger partial charge is 0.326 e. The van der Waals surface area contributed by atoms with Crippen LogP contribution in [0, 0.1) is 13.8 Å². The molecule has 2 aromatic heterocycles. The highest BCUT2D eigenvalue weighted by atomic mass is 16.2. The first-order valence-electron chi connectivity index (χ1n) is 10.9. The Morgan fingerprint density at radius 3 is 2.78 bits per heavy atom. The van der Waals surface area contributed by atoms with Crippen molar-refractivity contribution in [2.75, 3.05) is 16.8 Å². The fraction of sp³-hybridized carbons (Fsp3) is 0.280. The van der Waals surface area contributed by atoms with Gasteiger partial charge in [0.05, 0.1) is 5.52 Å². The number of hydrogen-bond donors (Lipinski definition) is 1. The lowest BCUT2D eigenvalue weighted by molar-refractivity contribution is -0.117. The van der Waals surface area contributed by atoms with E-state index < -0.39 is 0 Å². The van der Waals surface area contributed by atoms with Gasteiger partial charge >= 0.3 is 0 Å². The number of aryl methyl sites for hydroxylation is 2. The summed E-state index contributed by atoms with van der Waals surface area (Å²) in [5.74, 6) is 0.0630. The number of carbonyl (C=O) groups excluding carboxylic acids is 2. The number of benzene rings is 2. The molecule has 0 saturated carbocycles. The summed E-state index contributed by atoms with van der Waals surface area (Å²) < 4.78 is 1.88. The summed E-state index contributed by atoms with van der Waals surface area (Å²) in [6.45, 7) is 4.74. The minimum atomic E-state index is -0.0700. The van der Waals surface area contributed by atoms with Gasteiger partial charge in [-0.25, -0.2) is 9.50 Å². The number of amides is 2. The average Bonchev–Trinajstić information content (AvgIpc) is 3.37. The van der Waals surface area contributed by atoms with E-state index in [9.17, 15) is 9.59 Å². The van der Waals surface area contributed by atoms with E-state index in [4.69, 9.17) is 4.98 Å². The van der Waals surface area contributed by atoms with E-state index in [1.54, 1.807) is 4.90 Å². The van der Waals surface area contributed by atoms with Crippen LogP contribution in [0.15, 0.2) is 48.5 Å². The number of rotatable bonds is 5. The van der Waals surface area contributed by atoms with E-state index in [0.29, 0.717) is 24.9 Å². The van der Waals surface area contributed by atoms with Crippen LogP contribution in [0.5, 0.6) is 0 Å². The monoisotopic (exact) mass is 427 g/mol. The molecule has 1 aliphatic rings. The molecule has 2 aromatic carbocycles. The Hall–Kier alpha value is -3.74. The molecule has 7 nitrogen and oxygen atoms in total. The zero-order valence-electron chi connectivity index (χ0n) is 18.3. The predicted molar refractivity (Wildman–Crippen MR) is 125 cm³/mol. The maximum absolute atomic E-state index is 12.7. The van der Waals surface area contributed by atoms with Crippen molar-refractivity contribution in [1.29, 1.82) is 0 Å². The van der Waals surface area contributed by atoms with Crippen molar-refractivity contribution < 1.29 is 9.59 Å². The number of nitrogens with zero attached hydrogens (tertiary/aromatic N) is 4. The first kappa shape index (κ1) is 20.2. The summed E-state index contributed by atoms with van der Waals surface area (Å²) in [5.41, 5.74) is 6.25. The molecule has 0 unspecified atom stereocenters. The molecule has 1 aliphatic heterocycles. The van der Waals surface area contributed by atoms with E-state index in [1.165, 1.54) is 0 Å². The highest BCUT2D eigenvalue weighted by Crippen LogP contribution is 2.25. The number of nitrogens with one attached hydrogen (secondary N) is 1. The Morgan fingerprint density at radius 2 is 1.97 bits per heavy atom. The molecule has 2 amide bonds. The first-order valence-corrected chi connectivity index (χ1v) is 10.9. The van der Waals surface area contributed by atoms with Crippen LogP contribution in [-0.4, -0.2) is 33.0 Å². The summed E-state index contributed by atoms with van der Waals surface area (Å²) in [6.07, 6.45) is 2.37. The van der Waals surface area contributed by atoms with Gasteiger partial charge < -0.3 is 10.2 Å². The highest BCUT2D eigenvalue weighted by molar-refractivity contribution is 5.97. The van der Waals surface area contributed by atoms with Crippen LogP contribution in [-0.2, 0) is 16.0 Å². The van der Waals surface area contributed by atoms with Crippen LogP contribution in [0.25, 0.3) is 16.6 Å². The summed E-state index contributed by atoms with van der Waals surface area (Å²) in [4.78, 5) is 31.2. The van der Waals surface area contributed by atoms with Gasteiger partial charge in [-0.3, -0.25) is 9.59 Å². The third kappa shape index (κ3) is 3.60. The first-order chi connectivity index (χ1) is 15.5. The Kier molecular flexibility index (Phi) is 5.09. The lowest BCUT2D eigenvalue weighted by Gasteiger charge is -2.17. The lowest BCUT2D eigenvalue weighted by atomic mass is 10.1. The fourth-order valence-electron chi connectivity index (χ4n) is 4.47. The molecule has 7 heteroatoms. The Labute approximate surface area is 186 Å². The predicted octanol–water partition coefficient (Wildman–Crippen LogP) is 4.20. The van der Waals surface area contributed by atoms with Crippen LogP contribution < -0.4 is 10.2 Å². The van der Waals surface area contributed by atoms with Crippen LogP contribution >= 0.6 is 0 Å². The maximum atomic E-state index is 12.7. The van der Waals surface area contributed by atoms with Gasteiger partial charge in [0.1, 0.15) is 0 Å². The number of fused-ring (bicyclic) bond motifs is 3. The van der Waals surface area contributed by atoms with Gasteiger partial charge in [-0.1, -0.05) is 18.2 Å². The number of hydrogen-bond acceptors (Lipinski definition) is 4. The third-order valence-corrected chi connectivity index (χ3v) is 6.14. The molecule has 0 bridgehead atoms. The highest BCUT2D eigenvalue weighted by Gasteiger charge is 2.22. The quantitative estimate of drug-likeness (QED) is 0.518. The molecule has 4 aromatic rings. The molecule has 1 saturated heterocycles. The molecule has 0 aliphatic carbocycles. The van der Waals surface area contributed by atoms with Crippen molar-refractivity contribution in [3.05, 3.63) is 65.5 Å². The second-order valence-corrected chi connectivity index (χ2v) is 8.26. The van der Waals surface area contributed by atoms with Crippen LogP contribution in [0.1, 0.15) is 36.2 Å². The van der Waals surface area contributed by atoms with Gasteiger partial charge in [-0.15, -0.1) is 0 Å². The summed E-state index contributed by atoms with van der Waals surface area (Å²) >= 11 is 0. The zero-order valence-corrected chi connectivity index (χ0v) is 18.3. The molecular formula is C25H25N5O2. The molecule has 1 N–H and O–H groups in total. The standard InChI is InChI=1S/C25H25N5O2/c1-16-20(17(2)30-25(26-16)21-9-3-4-10-22(21)28-30)12-13-23(31)27-18-7-5-8-19(15-18)29-14-6-11-24(29)32/h3-5,7-10,15H,6,11-14H2,1-2H3,(H,27,31). The van der Waals surface area contributed by atoms with Gasteiger partial charge in [-0.05, 0) is 62.6 Å². The molecule has 0 radical (unpaired) electrons. The van der Waals surface area contributed by atoms with Gasteiger partial charge in [0.2, 0.25) is 11.8 Å². The average molecular weight is 428 g/mol. The fourth-order valence-corrected chi connectivity index (χ4v) is 4.47. The van der Waals surface area contributed by atoms with Crippen molar-refractivity contribution in [2.24, 2.45) is 0 Å². The van der Waals surface area contributed by atoms with E-state index in [0.717, 1.165) is 52.2 Å². The maximum Gasteiger partial charge on any atom is 0.227 e. The topological polar surface area (TPSA) is 79.6 Å². The van der Waals surface area contributed by atoms with Crippen molar-refractivity contribution in [2.45, 2.75) is 39.5 Å². The van der Waals surface area contributed by atoms with Crippen LogP contribution in [0.4, 0.5) is 11.4 Å². The summed E-state index contributed by atoms with van der Waals surface area (Å²) in [5, 5.41) is 8.68. The second kappa shape index (κ2) is 8.07. The van der Waals surface area contributed by atoms with Crippen LogP contribution in [0.3, 0.4) is 0 Å². The Morgan fingerprint density at radius 1 is 1.12 bits per heavy atom. The van der Waals surface area contributed by atoms with Gasteiger partial charge in [-0.2, -0.15) is 5.10 Å². The van der Waals surface area contributed by atoms with Crippen molar-refractivity contribution >= 4 is 39.7 Å². The van der Waals surface area contributed by atoms with Crippen molar-refractivity contribution in [3.63, 3.8) is 0 Å². The molecule has 3 heterocycles. The number of aromatic nitrogens is 3. The molecule has 0 spiro atoms. The van der Waals surface area contributed by atoms with E-state index >= 15 is 0 Å². The molecule has 32 heavy (non-hydrogen) atoms. The number of anilines is 2. The zero-order chi connectivity index (χ0) is 22.2. The molecule has 1 fully saturated rings. The van der Waals surface area contributed by atoms with Gasteiger partial charge in [0.15, 0.2) is 5.65 Å². The van der Waals surface area contributed by atoms with Crippen molar-refractivity contribution in [3.8, 4) is 0 Å². The van der Waals surface area contributed by atoms with Crippen LogP contribution in [0.2, 0.25) is 0 Å². The van der Waals surface area contributed by atoms with Gasteiger partial charge in [0.25, 0.3) is 0 Å². The minimum Gasteiger partial charge on any atom is -0.326 e. The van der Waals surface area contributed by atoms with Gasteiger partial charge in [0, 0.05) is 47.5 Å². The van der Waals surface area contributed by atoms with E-state index in [2.05, 4.69) is 10.4 Å². The molecule has 5 rings (SSSR count). The smallest absolute Gasteiger partial charge is 0.227 e. The molecule has 0 atom stereocenters. The SMILES string of the molecule is Cc1nc2c3ccccc3nn2c(C)c1CCC(=O)Nc1cccc(N2CCCC2=O)c1. The van der Waals surface area contributed by atoms with Crippen molar-refractivity contribution in [1.82, 2.24) is 14.6 Å². The minimum absolute atomic E-state index is 0.0700. The normalized spacial score (nSPS) is 13.9.